The molecule has 1 aromatic rings. The first-order chi connectivity index (χ1) is 7.38. The number of cyclic esters (lactones) is 1. The van der Waals surface area contributed by atoms with Gasteiger partial charge in [0.05, 0.1) is 12.2 Å². The number of carbonyl (C=O) groups excluding carboxylic acids is 1. The molecule has 0 aliphatic carbocycles. The third-order valence-electron chi connectivity index (χ3n) is 2.81. The summed E-state index contributed by atoms with van der Waals surface area (Å²) in [5.74, 6) is -0.160. The van der Waals surface area contributed by atoms with Crippen molar-refractivity contribution in [1.29, 1.82) is 0 Å². The van der Waals surface area contributed by atoms with Crippen LogP contribution in [0.4, 0.5) is 0 Å². The molecule has 15 heavy (non-hydrogen) atoms. The van der Waals surface area contributed by atoms with Gasteiger partial charge in [0.25, 0.3) is 0 Å². The zero-order valence-corrected chi connectivity index (χ0v) is 8.87. The second-order valence-corrected chi connectivity index (χ2v) is 3.96. The van der Waals surface area contributed by atoms with Crippen LogP contribution in [0.2, 0.25) is 0 Å². The molecule has 1 heterocycles. The van der Waals surface area contributed by atoms with Crippen molar-refractivity contribution in [3.8, 4) is 0 Å². The highest BCUT2D eigenvalue weighted by molar-refractivity contribution is 5.91. The summed E-state index contributed by atoms with van der Waals surface area (Å²) in [6.07, 6.45) is 5.55. The van der Waals surface area contributed by atoms with E-state index in [1.807, 2.05) is 24.3 Å². The van der Waals surface area contributed by atoms with Gasteiger partial charge in [0.1, 0.15) is 0 Å². The summed E-state index contributed by atoms with van der Waals surface area (Å²) in [7, 11) is 0. The van der Waals surface area contributed by atoms with E-state index in [0.717, 1.165) is 30.4 Å². The van der Waals surface area contributed by atoms with E-state index in [1.54, 1.807) is 0 Å². The van der Waals surface area contributed by atoms with Crippen LogP contribution in [0.15, 0.2) is 24.3 Å². The Labute approximate surface area is 90.3 Å². The zero-order chi connectivity index (χ0) is 10.5. The van der Waals surface area contributed by atoms with Crippen molar-refractivity contribution in [3.63, 3.8) is 0 Å². The van der Waals surface area contributed by atoms with E-state index in [4.69, 9.17) is 4.74 Å². The molecule has 1 aliphatic rings. The fourth-order valence-corrected chi connectivity index (χ4v) is 1.95. The minimum atomic E-state index is -0.160. The summed E-state index contributed by atoms with van der Waals surface area (Å²) in [5, 5.41) is 0. The monoisotopic (exact) mass is 204 g/mol. The van der Waals surface area contributed by atoms with Gasteiger partial charge >= 0.3 is 5.97 Å². The molecule has 2 heteroatoms. The zero-order valence-electron chi connectivity index (χ0n) is 8.87. The molecule has 0 saturated carbocycles. The summed E-state index contributed by atoms with van der Waals surface area (Å²) in [4.78, 5) is 11.7. The molecular weight excluding hydrogens is 188 g/mol. The standard InChI is InChI=1S/C13H16O2/c14-13-12-9-5-4-8-11(12)7-3-1-2-6-10-15-13/h4-5,8-9H,1-3,6-7,10H2. The average Bonchev–Trinajstić information content (AvgIpc) is 2.28. The Morgan fingerprint density at radius 2 is 1.80 bits per heavy atom. The van der Waals surface area contributed by atoms with Crippen LogP contribution in [0.3, 0.4) is 0 Å². The summed E-state index contributed by atoms with van der Waals surface area (Å²) in [6.45, 7) is 0.563. The van der Waals surface area contributed by atoms with Crippen LogP contribution in [0.5, 0.6) is 0 Å². The number of ether oxygens (including phenoxy) is 1. The number of aryl methyl sites for hydroxylation is 1. The SMILES string of the molecule is O=C1OCCCCCCc2ccccc21. The second kappa shape index (κ2) is 4.96. The van der Waals surface area contributed by atoms with Crippen LogP contribution in [0.25, 0.3) is 0 Å². The summed E-state index contributed by atoms with van der Waals surface area (Å²) in [5.41, 5.74) is 1.88. The van der Waals surface area contributed by atoms with Crippen LogP contribution < -0.4 is 0 Å². The van der Waals surface area contributed by atoms with Crippen molar-refractivity contribution < 1.29 is 9.53 Å². The van der Waals surface area contributed by atoms with E-state index in [1.165, 1.54) is 12.8 Å². The van der Waals surface area contributed by atoms with Crippen LogP contribution in [0, 0.1) is 0 Å². The normalized spacial score (nSPS) is 17.7. The molecule has 2 rings (SSSR count). The number of benzene rings is 1. The number of fused-ring (bicyclic) bond motifs is 1. The highest BCUT2D eigenvalue weighted by atomic mass is 16.5. The molecule has 0 atom stereocenters. The largest absolute Gasteiger partial charge is 0.462 e. The Morgan fingerprint density at radius 1 is 1.00 bits per heavy atom. The van der Waals surface area contributed by atoms with Gasteiger partial charge in [-0.3, -0.25) is 0 Å². The van der Waals surface area contributed by atoms with Gasteiger partial charge < -0.3 is 4.74 Å². The Balaban J connectivity index is 2.23. The lowest BCUT2D eigenvalue weighted by molar-refractivity contribution is 0.0494. The number of hydrogen-bond donors (Lipinski definition) is 0. The minimum absolute atomic E-state index is 0.160. The number of esters is 1. The van der Waals surface area contributed by atoms with Crippen LogP contribution in [-0.4, -0.2) is 12.6 Å². The molecule has 0 spiro atoms. The molecule has 2 nitrogen and oxygen atoms in total. The fourth-order valence-electron chi connectivity index (χ4n) is 1.95. The van der Waals surface area contributed by atoms with Gasteiger partial charge in [-0.15, -0.1) is 0 Å². The molecule has 0 bridgehead atoms. The van der Waals surface area contributed by atoms with Gasteiger partial charge in [-0.1, -0.05) is 31.0 Å². The van der Waals surface area contributed by atoms with E-state index in [9.17, 15) is 4.79 Å². The number of rotatable bonds is 0. The van der Waals surface area contributed by atoms with E-state index in [-0.39, 0.29) is 5.97 Å². The molecule has 0 N–H and O–H groups in total. The smallest absolute Gasteiger partial charge is 0.338 e. The van der Waals surface area contributed by atoms with Gasteiger partial charge in [0.2, 0.25) is 0 Å². The molecule has 0 radical (unpaired) electrons. The maximum absolute atomic E-state index is 11.7. The molecule has 0 fully saturated rings. The Kier molecular flexibility index (Phi) is 3.38. The minimum Gasteiger partial charge on any atom is -0.462 e. The van der Waals surface area contributed by atoms with E-state index < -0.39 is 0 Å². The van der Waals surface area contributed by atoms with Gasteiger partial charge in [-0.2, -0.15) is 0 Å². The maximum Gasteiger partial charge on any atom is 0.338 e. The summed E-state index contributed by atoms with van der Waals surface area (Å²) < 4.78 is 5.21. The average molecular weight is 204 g/mol. The third kappa shape index (κ3) is 2.58. The Morgan fingerprint density at radius 3 is 2.73 bits per heavy atom. The molecule has 0 unspecified atom stereocenters. The molecule has 1 aromatic carbocycles. The highest BCUT2D eigenvalue weighted by Crippen LogP contribution is 2.16. The maximum atomic E-state index is 11.7. The first-order valence-corrected chi connectivity index (χ1v) is 5.63. The summed E-state index contributed by atoms with van der Waals surface area (Å²) in [6, 6.07) is 7.77. The van der Waals surface area contributed by atoms with E-state index in [0.29, 0.717) is 6.61 Å². The predicted octanol–water partition coefficient (Wildman–Crippen LogP) is 2.96. The molecule has 0 aromatic heterocycles. The van der Waals surface area contributed by atoms with Gasteiger partial charge in [0, 0.05) is 0 Å². The molecule has 0 amide bonds. The lowest BCUT2D eigenvalue weighted by Crippen LogP contribution is -2.10. The fraction of sp³-hybridized carbons (Fsp3) is 0.462. The predicted molar refractivity (Wildman–Crippen MR) is 58.9 cm³/mol. The van der Waals surface area contributed by atoms with Crippen LogP contribution >= 0.6 is 0 Å². The lowest BCUT2D eigenvalue weighted by Gasteiger charge is -2.11. The van der Waals surface area contributed by atoms with Crippen LogP contribution in [-0.2, 0) is 11.2 Å². The lowest BCUT2D eigenvalue weighted by atomic mass is 10.0. The van der Waals surface area contributed by atoms with Crippen molar-refractivity contribution in [2.24, 2.45) is 0 Å². The molecule has 0 saturated heterocycles. The number of hydrogen-bond acceptors (Lipinski definition) is 2. The van der Waals surface area contributed by atoms with Gasteiger partial charge in [0.15, 0.2) is 0 Å². The van der Waals surface area contributed by atoms with Crippen molar-refractivity contribution in [2.45, 2.75) is 32.1 Å². The quantitative estimate of drug-likeness (QED) is 0.607. The summed E-state index contributed by atoms with van der Waals surface area (Å²) >= 11 is 0. The second-order valence-electron chi connectivity index (χ2n) is 3.96. The van der Waals surface area contributed by atoms with E-state index in [2.05, 4.69) is 0 Å². The molecule has 80 valence electrons. The molecular formula is C13H16O2. The number of carbonyl (C=O) groups is 1. The van der Waals surface area contributed by atoms with Gasteiger partial charge in [-0.25, -0.2) is 4.79 Å². The van der Waals surface area contributed by atoms with Crippen molar-refractivity contribution in [3.05, 3.63) is 35.4 Å². The Hall–Kier alpha value is -1.31. The first-order valence-electron chi connectivity index (χ1n) is 5.63. The third-order valence-corrected chi connectivity index (χ3v) is 2.81. The van der Waals surface area contributed by atoms with E-state index >= 15 is 0 Å². The topological polar surface area (TPSA) is 26.3 Å². The first kappa shape index (κ1) is 10.2. The highest BCUT2D eigenvalue weighted by Gasteiger charge is 2.12. The van der Waals surface area contributed by atoms with Crippen molar-refractivity contribution in [2.75, 3.05) is 6.61 Å². The van der Waals surface area contributed by atoms with Gasteiger partial charge in [-0.05, 0) is 30.9 Å². The van der Waals surface area contributed by atoms with Crippen LogP contribution in [0.1, 0.15) is 41.6 Å². The van der Waals surface area contributed by atoms with Crippen molar-refractivity contribution >= 4 is 5.97 Å². The van der Waals surface area contributed by atoms with Crippen molar-refractivity contribution in [1.82, 2.24) is 0 Å². The molecule has 1 aliphatic heterocycles. The Bertz CT molecular complexity index is 344.